The van der Waals surface area contributed by atoms with Gasteiger partial charge in [0.15, 0.2) is 0 Å². The summed E-state index contributed by atoms with van der Waals surface area (Å²) in [5.74, 6) is -1.04. The molecule has 0 aromatic heterocycles. The molecule has 0 unspecified atom stereocenters. The number of carboxylic acids is 1. The van der Waals surface area contributed by atoms with Crippen molar-refractivity contribution < 1.29 is 14.7 Å². The zero-order valence-electron chi connectivity index (χ0n) is 11.3. The van der Waals surface area contributed by atoms with E-state index in [1.807, 2.05) is 7.05 Å². The summed E-state index contributed by atoms with van der Waals surface area (Å²) in [6.45, 7) is 8.74. The van der Waals surface area contributed by atoms with E-state index in [0.29, 0.717) is 12.6 Å². The molecule has 0 atom stereocenters. The summed E-state index contributed by atoms with van der Waals surface area (Å²) in [6, 6.07) is 0.0275. The number of carbonyl (C=O) groups is 2. The van der Waals surface area contributed by atoms with Crippen molar-refractivity contribution in [2.24, 2.45) is 0 Å². The molecule has 0 aliphatic carbocycles. The van der Waals surface area contributed by atoms with Crippen LogP contribution in [0.1, 0.15) is 13.8 Å². The summed E-state index contributed by atoms with van der Waals surface area (Å²) >= 11 is 0. The number of nitrogens with one attached hydrogen (secondary N) is 1. The maximum atomic E-state index is 11.7. The van der Waals surface area contributed by atoms with Crippen LogP contribution >= 0.6 is 0 Å². The van der Waals surface area contributed by atoms with Crippen LogP contribution in [0.4, 0.5) is 4.79 Å². The predicted molar refractivity (Wildman–Crippen MR) is 70.6 cm³/mol. The molecule has 0 saturated carbocycles. The lowest BCUT2D eigenvalue weighted by atomic mass is 10.3. The van der Waals surface area contributed by atoms with Crippen molar-refractivity contribution in [1.82, 2.24) is 15.1 Å². The predicted octanol–water partition coefficient (Wildman–Crippen LogP) is 0.609. The summed E-state index contributed by atoms with van der Waals surface area (Å²) in [6.07, 6.45) is 1.50. The number of amides is 2. The van der Waals surface area contributed by atoms with Gasteiger partial charge < -0.3 is 20.2 Å². The second-order valence-corrected chi connectivity index (χ2v) is 4.37. The van der Waals surface area contributed by atoms with Crippen LogP contribution in [0.5, 0.6) is 0 Å². The lowest BCUT2D eigenvalue weighted by Crippen LogP contribution is -2.45. The third kappa shape index (κ3) is 6.90. The SMILES string of the molecule is C=CCN(CC(=O)O)C(=O)NCCN(C)C(C)C. The number of rotatable bonds is 8. The molecule has 0 bridgehead atoms. The zero-order valence-corrected chi connectivity index (χ0v) is 11.3. The minimum atomic E-state index is -1.04. The molecule has 0 aromatic carbocycles. The standard InChI is InChI=1S/C12H23N3O3/c1-5-7-15(9-11(16)17)12(18)13-6-8-14(4)10(2)3/h5,10H,1,6-9H2,2-4H3,(H,13,18)(H,16,17). The quantitative estimate of drug-likeness (QED) is 0.625. The summed E-state index contributed by atoms with van der Waals surface area (Å²) < 4.78 is 0. The number of nitrogens with zero attached hydrogens (tertiary/aromatic N) is 2. The molecule has 2 N–H and O–H groups in total. The number of hydrogen-bond acceptors (Lipinski definition) is 3. The Kier molecular flexibility index (Phi) is 7.78. The van der Waals surface area contributed by atoms with Gasteiger partial charge in [0.1, 0.15) is 6.54 Å². The number of carbonyl (C=O) groups excluding carboxylic acids is 1. The molecule has 2 amide bonds. The van der Waals surface area contributed by atoms with Gasteiger partial charge in [0, 0.05) is 25.7 Å². The largest absolute Gasteiger partial charge is 0.480 e. The van der Waals surface area contributed by atoms with Crippen molar-refractivity contribution in [1.29, 1.82) is 0 Å². The van der Waals surface area contributed by atoms with Crippen LogP contribution in [0, 0.1) is 0 Å². The molecule has 0 aromatic rings. The van der Waals surface area contributed by atoms with Crippen molar-refractivity contribution in [3.05, 3.63) is 12.7 Å². The fourth-order valence-corrected chi connectivity index (χ4v) is 1.25. The molecule has 0 radical (unpaired) electrons. The highest BCUT2D eigenvalue weighted by atomic mass is 16.4. The molecular formula is C12H23N3O3. The Morgan fingerprint density at radius 1 is 1.44 bits per heavy atom. The van der Waals surface area contributed by atoms with E-state index in [1.165, 1.54) is 11.0 Å². The van der Waals surface area contributed by atoms with Gasteiger partial charge in [0.05, 0.1) is 0 Å². The van der Waals surface area contributed by atoms with Gasteiger partial charge in [-0.2, -0.15) is 0 Å². The van der Waals surface area contributed by atoms with Gasteiger partial charge in [-0.1, -0.05) is 6.08 Å². The average molecular weight is 257 g/mol. The molecule has 6 heteroatoms. The highest BCUT2D eigenvalue weighted by molar-refractivity contribution is 5.80. The first-order valence-corrected chi connectivity index (χ1v) is 5.94. The Bertz CT molecular complexity index is 292. The first-order chi connectivity index (χ1) is 8.38. The van der Waals surface area contributed by atoms with Crippen molar-refractivity contribution in [2.45, 2.75) is 19.9 Å². The lowest BCUT2D eigenvalue weighted by molar-refractivity contribution is -0.137. The molecule has 0 aliphatic heterocycles. The normalized spacial score (nSPS) is 10.5. The second-order valence-electron chi connectivity index (χ2n) is 4.37. The van der Waals surface area contributed by atoms with Gasteiger partial charge in [0.25, 0.3) is 0 Å². The minimum Gasteiger partial charge on any atom is -0.480 e. The van der Waals surface area contributed by atoms with Crippen LogP contribution in [-0.2, 0) is 4.79 Å². The molecule has 18 heavy (non-hydrogen) atoms. The van der Waals surface area contributed by atoms with Crippen LogP contribution in [0.25, 0.3) is 0 Å². The first-order valence-electron chi connectivity index (χ1n) is 5.94. The van der Waals surface area contributed by atoms with Gasteiger partial charge in [-0.3, -0.25) is 4.79 Å². The average Bonchev–Trinajstić information content (AvgIpc) is 2.27. The smallest absolute Gasteiger partial charge is 0.323 e. The first kappa shape index (κ1) is 16.4. The van der Waals surface area contributed by atoms with Crippen molar-refractivity contribution >= 4 is 12.0 Å². The van der Waals surface area contributed by atoms with E-state index in [1.54, 1.807) is 0 Å². The topological polar surface area (TPSA) is 72.9 Å². The summed E-state index contributed by atoms with van der Waals surface area (Å²) in [5.41, 5.74) is 0. The van der Waals surface area contributed by atoms with Gasteiger partial charge >= 0.3 is 12.0 Å². The molecule has 0 spiro atoms. The van der Waals surface area contributed by atoms with Crippen LogP contribution < -0.4 is 5.32 Å². The number of urea groups is 1. The van der Waals surface area contributed by atoms with Gasteiger partial charge in [-0.25, -0.2) is 4.79 Å². The van der Waals surface area contributed by atoms with E-state index in [2.05, 4.69) is 30.6 Å². The van der Waals surface area contributed by atoms with Crippen LogP contribution in [0.3, 0.4) is 0 Å². The molecule has 0 saturated heterocycles. The monoisotopic (exact) mass is 257 g/mol. The fraction of sp³-hybridized carbons (Fsp3) is 0.667. The Labute approximate surface area is 108 Å². The Morgan fingerprint density at radius 3 is 2.50 bits per heavy atom. The summed E-state index contributed by atoms with van der Waals surface area (Å²) in [5, 5.41) is 11.4. The highest BCUT2D eigenvalue weighted by Gasteiger charge is 2.14. The van der Waals surface area contributed by atoms with E-state index >= 15 is 0 Å². The van der Waals surface area contributed by atoms with Gasteiger partial charge in [-0.15, -0.1) is 6.58 Å². The molecule has 104 valence electrons. The summed E-state index contributed by atoms with van der Waals surface area (Å²) in [7, 11) is 1.97. The second kappa shape index (κ2) is 8.52. The number of carboxylic acid groups (broad SMARTS) is 1. The van der Waals surface area contributed by atoms with E-state index in [-0.39, 0.29) is 19.1 Å². The zero-order chi connectivity index (χ0) is 14.1. The molecule has 0 rings (SSSR count). The van der Waals surface area contributed by atoms with E-state index < -0.39 is 5.97 Å². The van der Waals surface area contributed by atoms with E-state index in [4.69, 9.17) is 5.11 Å². The van der Waals surface area contributed by atoms with Crippen molar-refractivity contribution in [2.75, 3.05) is 33.2 Å². The molecule has 0 heterocycles. The van der Waals surface area contributed by atoms with E-state index in [9.17, 15) is 9.59 Å². The van der Waals surface area contributed by atoms with Crippen LogP contribution in [0.2, 0.25) is 0 Å². The van der Waals surface area contributed by atoms with Crippen molar-refractivity contribution in [3.8, 4) is 0 Å². The van der Waals surface area contributed by atoms with Crippen molar-refractivity contribution in [3.63, 3.8) is 0 Å². The summed E-state index contributed by atoms with van der Waals surface area (Å²) in [4.78, 5) is 25.6. The Balaban J connectivity index is 4.10. The molecule has 0 fully saturated rings. The van der Waals surface area contributed by atoms with E-state index in [0.717, 1.165) is 6.54 Å². The minimum absolute atomic E-state index is 0.220. The Morgan fingerprint density at radius 2 is 2.06 bits per heavy atom. The number of likely N-dealkylation sites (N-methyl/N-ethyl adjacent to an activating group) is 1. The maximum absolute atomic E-state index is 11.7. The maximum Gasteiger partial charge on any atom is 0.323 e. The van der Waals surface area contributed by atoms with Gasteiger partial charge in [0.2, 0.25) is 0 Å². The lowest BCUT2D eigenvalue weighted by Gasteiger charge is -2.23. The third-order valence-electron chi connectivity index (χ3n) is 2.59. The van der Waals surface area contributed by atoms with Crippen LogP contribution in [0.15, 0.2) is 12.7 Å². The Hall–Kier alpha value is -1.56. The number of hydrogen-bond donors (Lipinski definition) is 2. The fourth-order valence-electron chi connectivity index (χ4n) is 1.25. The van der Waals surface area contributed by atoms with Gasteiger partial charge in [-0.05, 0) is 20.9 Å². The molecular weight excluding hydrogens is 234 g/mol. The third-order valence-corrected chi connectivity index (χ3v) is 2.59. The highest BCUT2D eigenvalue weighted by Crippen LogP contribution is 1.93. The number of aliphatic carboxylic acids is 1. The molecule has 6 nitrogen and oxygen atoms in total. The molecule has 0 aliphatic rings. The van der Waals surface area contributed by atoms with Crippen LogP contribution in [-0.4, -0.2) is 66.2 Å².